The number of rotatable bonds is 3. The first-order valence-corrected chi connectivity index (χ1v) is 16.3. The molecule has 4 fully saturated rings. The molecule has 5 aliphatic carbocycles. The minimum Gasteiger partial charge on any atom is -0.307 e. The Kier molecular flexibility index (Phi) is 6.49. The van der Waals surface area contributed by atoms with Crippen molar-refractivity contribution >= 4 is 17.3 Å². The Balaban J connectivity index is 1.43. The molecule has 0 saturated heterocycles. The normalized spacial score (nSPS) is 43.5. The molecule has 0 N–H and O–H groups in total. The highest BCUT2D eigenvalue weighted by Crippen LogP contribution is 2.76. The lowest BCUT2D eigenvalue weighted by atomic mass is 9.31. The van der Waals surface area contributed by atoms with Crippen LogP contribution in [0.4, 0.5) is 0 Å². The van der Waals surface area contributed by atoms with Gasteiger partial charge in [0.25, 0.3) is 0 Å². The molecule has 0 aliphatic heterocycles. The molecule has 0 radical (unpaired) electrons. The zero-order valence-corrected chi connectivity index (χ0v) is 26.8. The van der Waals surface area contributed by atoms with Crippen molar-refractivity contribution in [1.29, 1.82) is 0 Å². The van der Waals surface area contributed by atoms with E-state index in [0.29, 0.717) is 18.6 Å². The summed E-state index contributed by atoms with van der Waals surface area (Å²) in [4.78, 5) is 45.5. The predicted octanol–water partition coefficient (Wildman–Crippen LogP) is 8.91. The van der Waals surface area contributed by atoms with E-state index in [9.17, 15) is 14.4 Å². The van der Waals surface area contributed by atoms with Gasteiger partial charge in [0, 0.05) is 29.7 Å². The highest BCUT2D eigenvalue weighted by atomic mass is 16.1. The fourth-order valence-electron chi connectivity index (χ4n) is 11.7. The molecule has 0 unspecified atom stereocenters. The minimum atomic E-state index is -0.613. The van der Waals surface area contributed by atoms with Crippen molar-refractivity contribution in [2.24, 2.45) is 56.2 Å². The maximum Gasteiger partial charge on any atom is 0.226 e. The van der Waals surface area contributed by atoms with Crippen molar-refractivity contribution in [3.63, 3.8) is 0 Å². The lowest BCUT2D eigenvalue weighted by molar-refractivity contribution is -0.222. The largest absolute Gasteiger partial charge is 0.307 e. The average Bonchev–Trinajstić information content (AvgIpc) is 2.93. The third-order valence-electron chi connectivity index (χ3n) is 14.2. The van der Waals surface area contributed by atoms with Crippen LogP contribution in [0.15, 0.2) is 42.1 Å². The van der Waals surface area contributed by atoms with Crippen molar-refractivity contribution in [2.75, 3.05) is 0 Å². The van der Waals surface area contributed by atoms with Gasteiger partial charge in [0.05, 0.1) is 6.57 Å². The molecule has 0 bridgehead atoms. The van der Waals surface area contributed by atoms with E-state index in [0.717, 1.165) is 50.5 Å². The zero-order valence-electron chi connectivity index (χ0n) is 26.8. The summed E-state index contributed by atoms with van der Waals surface area (Å²) in [6, 6.07) is 9.72. The van der Waals surface area contributed by atoms with E-state index in [1.807, 2.05) is 50.3 Å². The van der Waals surface area contributed by atoms with Crippen LogP contribution >= 0.6 is 0 Å². The lowest BCUT2D eigenvalue weighted by Gasteiger charge is -2.72. The van der Waals surface area contributed by atoms with Crippen LogP contribution in [-0.2, 0) is 9.59 Å². The summed E-state index contributed by atoms with van der Waals surface area (Å²) < 4.78 is 0. The van der Waals surface area contributed by atoms with Gasteiger partial charge in [-0.25, -0.2) is 4.85 Å². The third kappa shape index (κ3) is 3.87. The van der Waals surface area contributed by atoms with Crippen LogP contribution in [0.5, 0.6) is 0 Å². The van der Waals surface area contributed by atoms with Gasteiger partial charge in [-0.15, -0.1) is 0 Å². The van der Waals surface area contributed by atoms with Gasteiger partial charge in [-0.1, -0.05) is 84.9 Å². The van der Waals surface area contributed by atoms with E-state index in [4.69, 9.17) is 6.57 Å². The molecule has 4 heteroatoms. The Morgan fingerprint density at radius 3 is 2.21 bits per heavy atom. The topological polar surface area (TPSA) is 55.6 Å². The number of carbonyl (C=O) groups is 3. The van der Waals surface area contributed by atoms with Crippen LogP contribution in [0.2, 0.25) is 0 Å². The second-order valence-corrected chi connectivity index (χ2v) is 17.0. The van der Waals surface area contributed by atoms with E-state index < -0.39 is 5.41 Å². The number of hydrogen-bond acceptors (Lipinski definition) is 3. The Morgan fingerprint density at radius 1 is 0.881 bits per heavy atom. The average molecular weight is 568 g/mol. The Morgan fingerprint density at radius 2 is 1.55 bits per heavy atom. The van der Waals surface area contributed by atoms with E-state index in [1.165, 1.54) is 0 Å². The maximum absolute atomic E-state index is 14.8. The number of fused-ring (bicyclic) bond motifs is 7. The molecule has 8 atom stereocenters. The SMILES string of the molecule is [C-]#[N+]C1=C[C@]2(C)[C@H]3CC(=O)[C@@H]4[C@@H]5CC(C)(C)CC[C@]5(CC(=O)c5ccccc5)CC[C@@]4(C)[C@]3(C)CC[C@H]2C(C)(C)C1=O. The number of Topliss-reactive ketones (excluding diaryl/α,β-unsaturated/α-hetero) is 3. The highest BCUT2D eigenvalue weighted by Gasteiger charge is 2.72. The summed E-state index contributed by atoms with van der Waals surface area (Å²) in [7, 11) is 0. The molecule has 0 amide bonds. The van der Waals surface area contributed by atoms with Gasteiger partial charge < -0.3 is 4.79 Å². The molecule has 4 nitrogen and oxygen atoms in total. The van der Waals surface area contributed by atoms with E-state index in [1.54, 1.807) is 0 Å². The van der Waals surface area contributed by atoms with Gasteiger partial charge in [0.15, 0.2) is 11.6 Å². The molecule has 42 heavy (non-hydrogen) atoms. The van der Waals surface area contributed by atoms with Gasteiger partial charge in [-0.05, 0) is 89.8 Å². The highest BCUT2D eigenvalue weighted by molar-refractivity contribution is 6.02. The number of allylic oxidation sites excluding steroid dienone is 2. The van der Waals surface area contributed by atoms with E-state index in [2.05, 4.69) is 39.5 Å². The smallest absolute Gasteiger partial charge is 0.226 e. The van der Waals surface area contributed by atoms with Crippen LogP contribution in [0.25, 0.3) is 4.85 Å². The second kappa shape index (κ2) is 9.23. The quantitative estimate of drug-likeness (QED) is 0.271. The van der Waals surface area contributed by atoms with Crippen molar-refractivity contribution in [2.45, 2.75) is 106 Å². The molecule has 224 valence electrons. The maximum atomic E-state index is 14.8. The van der Waals surface area contributed by atoms with Crippen LogP contribution in [0, 0.1) is 62.7 Å². The number of ketones is 3. The van der Waals surface area contributed by atoms with Gasteiger partial charge in [0.2, 0.25) is 5.70 Å². The van der Waals surface area contributed by atoms with E-state index >= 15 is 0 Å². The second-order valence-electron chi connectivity index (χ2n) is 17.0. The molecule has 1 aromatic carbocycles. The zero-order chi connectivity index (χ0) is 30.5. The van der Waals surface area contributed by atoms with Crippen LogP contribution < -0.4 is 0 Å². The van der Waals surface area contributed by atoms with Crippen LogP contribution in [0.3, 0.4) is 0 Å². The standard InChI is InChI=1S/C38H49NO3/c1-33(2)16-18-38(23-28(41)24-12-10-9-11-13-24)19-17-37(7)31(25(38)21-33)27(40)20-30-35(5)22-26(39-8)32(42)34(3,4)29(35)14-15-36(30,37)6/h9-13,22,25,29-31H,14-21,23H2,1-7H3/t25-,29-,30+,31-,35-,36+,37+,38+/m0/s1. The molecular formula is C38H49NO3. The Labute approximate surface area is 252 Å². The molecule has 6 rings (SSSR count). The number of hydrogen-bond donors (Lipinski definition) is 0. The summed E-state index contributed by atoms with van der Waals surface area (Å²) >= 11 is 0. The summed E-state index contributed by atoms with van der Waals surface area (Å²) in [5.74, 6) is 0.902. The predicted molar refractivity (Wildman–Crippen MR) is 165 cm³/mol. The summed E-state index contributed by atoms with van der Waals surface area (Å²) in [6.45, 7) is 23.7. The fraction of sp³-hybridized carbons (Fsp3) is 0.684. The Bertz CT molecular complexity index is 1410. The van der Waals surface area contributed by atoms with Gasteiger partial charge >= 0.3 is 0 Å². The molecule has 4 saturated carbocycles. The minimum absolute atomic E-state index is 0.0372. The van der Waals surface area contributed by atoms with Gasteiger partial charge in [0.1, 0.15) is 5.78 Å². The first-order valence-electron chi connectivity index (χ1n) is 16.3. The number of benzene rings is 1. The molecule has 1 aromatic rings. The lowest BCUT2D eigenvalue weighted by Crippen LogP contribution is -2.68. The summed E-state index contributed by atoms with van der Waals surface area (Å²) in [5, 5.41) is 0. The molecule has 0 spiro atoms. The van der Waals surface area contributed by atoms with E-state index in [-0.39, 0.29) is 68.0 Å². The van der Waals surface area contributed by atoms with Gasteiger partial charge in [-0.3, -0.25) is 9.59 Å². The number of carbonyl (C=O) groups excluding carboxylic acids is 3. The third-order valence-corrected chi connectivity index (χ3v) is 14.2. The summed E-state index contributed by atoms with van der Waals surface area (Å²) in [5.41, 5.74) is -0.207. The van der Waals surface area contributed by atoms with Crippen molar-refractivity contribution in [3.8, 4) is 0 Å². The fourth-order valence-corrected chi connectivity index (χ4v) is 11.7. The first-order chi connectivity index (χ1) is 19.5. The summed E-state index contributed by atoms with van der Waals surface area (Å²) in [6.07, 6.45) is 10.0. The van der Waals surface area contributed by atoms with Crippen LogP contribution in [-0.4, -0.2) is 17.3 Å². The Hall–Kier alpha value is -2.54. The monoisotopic (exact) mass is 567 g/mol. The van der Waals surface area contributed by atoms with Crippen molar-refractivity contribution < 1.29 is 14.4 Å². The first kappa shape index (κ1) is 29.5. The number of nitrogens with zero attached hydrogens (tertiary/aromatic N) is 1. The van der Waals surface area contributed by atoms with Gasteiger partial charge in [-0.2, -0.15) is 0 Å². The van der Waals surface area contributed by atoms with Crippen molar-refractivity contribution in [3.05, 3.63) is 59.1 Å². The van der Waals surface area contributed by atoms with Crippen LogP contribution in [0.1, 0.15) is 117 Å². The molecule has 5 aliphatic rings. The molecule has 0 heterocycles. The van der Waals surface area contributed by atoms with Crippen molar-refractivity contribution in [1.82, 2.24) is 0 Å². The molecule has 0 aromatic heterocycles. The molecular weight excluding hydrogens is 518 g/mol.